The van der Waals surface area contributed by atoms with Crippen LogP contribution in [0.5, 0.6) is 0 Å². The molecule has 0 aromatic heterocycles. The topological polar surface area (TPSA) is 57.2 Å². The van der Waals surface area contributed by atoms with Crippen LogP contribution in [0, 0.1) is 0 Å². The van der Waals surface area contributed by atoms with Gasteiger partial charge in [0, 0.05) is 0 Å². The molecule has 3 nitrogen and oxygen atoms in total. The van der Waals surface area contributed by atoms with E-state index in [1.807, 2.05) is 0 Å². The monoisotopic (exact) mass is 490 g/mol. The first kappa shape index (κ1) is 31.8. The maximum Gasteiger partial charge on any atom is 1.00 e. The van der Waals surface area contributed by atoms with Crippen molar-refractivity contribution in [1.82, 2.24) is 0 Å². The van der Waals surface area contributed by atoms with Gasteiger partial charge in [-0.15, -0.1) is 0 Å². The largest absolute Gasteiger partial charge is 1.00 e. The fourth-order valence-electron chi connectivity index (χ4n) is 1.89. The minimum atomic E-state index is -8.24. The maximum atomic E-state index is 13.4. The van der Waals surface area contributed by atoms with Crippen LogP contribution in [0.25, 0.3) is 0 Å². The zero-order valence-corrected chi connectivity index (χ0v) is 15.8. The molecule has 0 saturated carbocycles. The Labute approximate surface area is 173 Å². The van der Waals surface area contributed by atoms with E-state index in [1.54, 1.807) is 0 Å². The molecule has 0 saturated heterocycles. The Hall–Kier alpha value is -0.403. The first-order chi connectivity index (χ1) is 12.5. The molecule has 30 heavy (non-hydrogen) atoms. The molecule has 0 aromatic rings. The molecule has 0 amide bonds. The summed E-state index contributed by atoms with van der Waals surface area (Å²) in [5.41, 5.74) is 0. The van der Waals surface area contributed by atoms with Gasteiger partial charge in [-0.3, -0.25) is 0 Å². The molecule has 0 fully saturated rings. The number of hydrogen-bond acceptors (Lipinski definition) is 3. The van der Waals surface area contributed by atoms with Crippen LogP contribution < -0.4 is 18.9 Å². The van der Waals surface area contributed by atoms with Crippen LogP contribution in [0.2, 0.25) is 0 Å². The molecule has 1 atom stereocenters. The number of unbranched alkanes of at least 4 members (excludes halogenated alkanes) is 2. The van der Waals surface area contributed by atoms with Crippen molar-refractivity contribution >= 4 is 10.1 Å². The van der Waals surface area contributed by atoms with Crippen LogP contribution in [0.1, 0.15) is 32.6 Å². The van der Waals surface area contributed by atoms with Crippen molar-refractivity contribution in [2.75, 3.05) is 0 Å². The van der Waals surface area contributed by atoms with Crippen LogP contribution in [-0.2, 0) is 10.1 Å². The predicted octanol–water partition coefficient (Wildman–Crippen LogP) is 2.22. The number of halogens is 13. The Morgan fingerprint density at radius 2 is 1.10 bits per heavy atom. The van der Waals surface area contributed by atoms with E-state index >= 15 is 0 Å². The Kier molecular flexibility index (Phi) is 9.77. The molecule has 176 valence electrons. The zero-order chi connectivity index (χ0) is 23.9. The summed E-state index contributed by atoms with van der Waals surface area (Å²) in [6, 6.07) is 0. The number of alkyl halides is 13. The van der Waals surface area contributed by atoms with Crippen molar-refractivity contribution in [2.45, 2.75) is 73.6 Å². The third kappa shape index (κ3) is 4.68. The molecule has 0 radical (unpaired) electrons. The standard InChI is InChI=1S/C12H13F13O3S.Li/c1-2-3-4-5-6(13)7(14,15)8(16,17)9(18,19)10(20,21)11(22,23)12(24,25)29(26,27)28;/h6H,2-5H2,1H3,(H,26,27,28);/q;+1/p-1. The third-order valence-electron chi connectivity index (χ3n) is 3.74. The summed E-state index contributed by atoms with van der Waals surface area (Å²) in [5.74, 6) is -38.9. The Bertz CT molecular complexity index is 681. The van der Waals surface area contributed by atoms with Gasteiger partial charge in [-0.25, -0.2) is 12.8 Å². The second kappa shape index (κ2) is 9.22. The second-order valence-corrected chi connectivity index (χ2v) is 7.28. The van der Waals surface area contributed by atoms with Crippen molar-refractivity contribution in [1.29, 1.82) is 0 Å². The van der Waals surface area contributed by atoms with Crippen molar-refractivity contribution < 1.29 is 88.9 Å². The summed E-state index contributed by atoms with van der Waals surface area (Å²) < 4.78 is 202. The van der Waals surface area contributed by atoms with Crippen molar-refractivity contribution in [3.05, 3.63) is 0 Å². The minimum Gasteiger partial charge on any atom is -0.743 e. The fraction of sp³-hybridized carbons (Fsp3) is 1.00. The van der Waals surface area contributed by atoms with Crippen molar-refractivity contribution in [3.63, 3.8) is 0 Å². The summed E-state index contributed by atoms with van der Waals surface area (Å²) in [6.45, 7) is 1.40. The summed E-state index contributed by atoms with van der Waals surface area (Å²) >= 11 is 0. The Morgan fingerprint density at radius 1 is 0.733 bits per heavy atom. The van der Waals surface area contributed by atoms with Crippen LogP contribution >= 0.6 is 0 Å². The molecule has 0 N–H and O–H groups in total. The molecule has 0 aliphatic rings. The Balaban J connectivity index is 0. The first-order valence-corrected chi connectivity index (χ1v) is 8.75. The predicted molar refractivity (Wildman–Crippen MR) is 68.4 cm³/mol. The van der Waals surface area contributed by atoms with Gasteiger partial charge in [-0.05, 0) is 6.42 Å². The van der Waals surface area contributed by atoms with Gasteiger partial charge in [0.05, 0.1) is 0 Å². The number of rotatable bonds is 11. The molecule has 18 heteroatoms. The van der Waals surface area contributed by atoms with E-state index in [4.69, 9.17) is 0 Å². The number of hydrogen-bond donors (Lipinski definition) is 0. The van der Waals surface area contributed by atoms with E-state index in [9.17, 15) is 70.0 Å². The van der Waals surface area contributed by atoms with E-state index in [-0.39, 0.29) is 31.7 Å². The molecule has 0 heterocycles. The molecule has 1 unspecified atom stereocenters. The molecule has 0 aliphatic heterocycles. The van der Waals surface area contributed by atoms with E-state index in [2.05, 4.69) is 0 Å². The molecule has 0 aliphatic carbocycles. The molecular formula is C12H12F13LiO3S. The zero-order valence-electron chi connectivity index (χ0n) is 15.0. The van der Waals surface area contributed by atoms with Gasteiger partial charge in [0.1, 0.15) is 0 Å². The summed E-state index contributed by atoms with van der Waals surface area (Å²) in [4.78, 5) is 0. The molecule has 0 spiro atoms. The van der Waals surface area contributed by atoms with E-state index in [1.165, 1.54) is 6.92 Å². The maximum absolute atomic E-state index is 13.4. The van der Waals surface area contributed by atoms with Crippen molar-refractivity contribution in [3.8, 4) is 0 Å². The molecule has 0 bridgehead atoms. The summed E-state index contributed by atoms with van der Waals surface area (Å²) in [5, 5.41) is -7.62. The van der Waals surface area contributed by atoms with Gasteiger partial charge >= 0.3 is 53.7 Å². The summed E-state index contributed by atoms with van der Waals surface area (Å²) in [7, 11) is -7.87. The first-order valence-electron chi connectivity index (χ1n) is 7.34. The average Bonchev–Trinajstić information content (AvgIpc) is 2.52. The van der Waals surface area contributed by atoms with Crippen LogP contribution in [0.3, 0.4) is 0 Å². The van der Waals surface area contributed by atoms with E-state index in [0.717, 1.165) is 0 Å². The molecule has 0 aromatic carbocycles. The average molecular weight is 490 g/mol. The van der Waals surface area contributed by atoms with Crippen LogP contribution in [-0.4, -0.2) is 54.0 Å². The van der Waals surface area contributed by atoms with Crippen molar-refractivity contribution in [2.24, 2.45) is 0 Å². The van der Waals surface area contributed by atoms with Gasteiger partial charge < -0.3 is 4.55 Å². The van der Waals surface area contributed by atoms with E-state index in [0.29, 0.717) is 0 Å². The van der Waals surface area contributed by atoms with E-state index < -0.39 is 64.0 Å². The van der Waals surface area contributed by atoms with Gasteiger partial charge in [-0.2, -0.15) is 52.7 Å². The summed E-state index contributed by atoms with van der Waals surface area (Å²) in [6.07, 6.45) is -6.48. The van der Waals surface area contributed by atoms with Crippen LogP contribution in [0.4, 0.5) is 57.1 Å². The third-order valence-corrected chi connectivity index (χ3v) is 4.62. The Morgan fingerprint density at radius 3 is 1.43 bits per heavy atom. The van der Waals surface area contributed by atoms with Gasteiger partial charge in [0.2, 0.25) is 0 Å². The molecular weight excluding hydrogens is 478 g/mol. The molecule has 0 rings (SSSR count). The quantitative estimate of drug-likeness (QED) is 0.193. The fourth-order valence-corrected chi connectivity index (χ4v) is 2.34. The van der Waals surface area contributed by atoms with Crippen LogP contribution in [0.15, 0.2) is 0 Å². The normalized spacial score (nSPS) is 16.2. The van der Waals surface area contributed by atoms with Gasteiger partial charge in [0.15, 0.2) is 16.3 Å². The SMILES string of the molecule is CCCCCC(F)C(F)(F)C(F)(F)C(F)(F)C(F)(F)C(F)(F)C(F)(F)S(=O)(=O)[O-].[Li+]. The minimum absolute atomic E-state index is 0. The van der Waals surface area contributed by atoms with Gasteiger partial charge in [0.25, 0.3) is 0 Å². The smallest absolute Gasteiger partial charge is 0.743 e. The second-order valence-electron chi connectivity index (χ2n) is 5.85. The van der Waals surface area contributed by atoms with Gasteiger partial charge in [-0.1, -0.05) is 26.2 Å².